The molecule has 1 atom stereocenters. The maximum Gasteiger partial charge on any atom is 0.145 e. The van der Waals surface area contributed by atoms with Gasteiger partial charge in [-0.25, -0.2) is 8.78 Å². The molecule has 1 aromatic carbocycles. The van der Waals surface area contributed by atoms with Crippen molar-refractivity contribution in [3.63, 3.8) is 0 Å². The van der Waals surface area contributed by atoms with Gasteiger partial charge in [0, 0.05) is 11.6 Å². The smallest absolute Gasteiger partial charge is 0.145 e. The largest absolute Gasteiger partial charge is 0.310 e. The normalized spacial score (nSPS) is 12.7. The summed E-state index contributed by atoms with van der Waals surface area (Å²) in [6.45, 7) is 4.93. The predicted octanol–water partition coefficient (Wildman–Crippen LogP) is 5.35. The van der Waals surface area contributed by atoms with Gasteiger partial charge in [-0.2, -0.15) is 0 Å². The lowest BCUT2D eigenvalue weighted by Gasteiger charge is -2.20. The summed E-state index contributed by atoms with van der Waals surface area (Å²) < 4.78 is 28.4. The minimum absolute atomic E-state index is 0.166. The van der Waals surface area contributed by atoms with Crippen molar-refractivity contribution in [1.82, 2.24) is 5.32 Å². The maximum atomic E-state index is 14.1. The van der Waals surface area contributed by atoms with E-state index in [0.717, 1.165) is 38.6 Å². The van der Waals surface area contributed by atoms with Crippen LogP contribution in [-0.2, 0) is 0 Å². The van der Waals surface area contributed by atoms with Crippen LogP contribution in [0.5, 0.6) is 0 Å². The van der Waals surface area contributed by atoms with Crippen molar-refractivity contribution in [2.45, 2.75) is 52.0 Å². The summed E-state index contributed by atoms with van der Waals surface area (Å²) in [4.78, 5) is 0. The van der Waals surface area contributed by atoms with Crippen molar-refractivity contribution in [3.05, 3.63) is 33.8 Å². The number of hydrogen-bond acceptors (Lipinski definition) is 1. The molecular formula is C15H22BrF2N. The van der Waals surface area contributed by atoms with Gasteiger partial charge >= 0.3 is 0 Å². The van der Waals surface area contributed by atoms with E-state index in [1.54, 1.807) is 0 Å². The van der Waals surface area contributed by atoms with Crippen molar-refractivity contribution in [1.29, 1.82) is 0 Å². The van der Waals surface area contributed by atoms with E-state index < -0.39 is 11.6 Å². The second-order valence-corrected chi connectivity index (χ2v) is 5.61. The highest BCUT2D eigenvalue weighted by atomic mass is 79.9. The van der Waals surface area contributed by atoms with Crippen LogP contribution in [-0.4, -0.2) is 6.54 Å². The van der Waals surface area contributed by atoms with Gasteiger partial charge in [0.05, 0.1) is 4.47 Å². The highest BCUT2D eigenvalue weighted by molar-refractivity contribution is 9.10. The Kier molecular flexibility index (Phi) is 7.54. The molecular weight excluding hydrogens is 312 g/mol. The molecule has 0 aliphatic carbocycles. The van der Waals surface area contributed by atoms with E-state index in [-0.39, 0.29) is 11.6 Å². The van der Waals surface area contributed by atoms with Gasteiger partial charge < -0.3 is 5.32 Å². The van der Waals surface area contributed by atoms with Gasteiger partial charge in [-0.1, -0.05) is 33.1 Å². The molecule has 0 aliphatic heterocycles. The Morgan fingerprint density at radius 3 is 2.53 bits per heavy atom. The van der Waals surface area contributed by atoms with Crippen LogP contribution in [0.15, 0.2) is 16.6 Å². The average Bonchev–Trinajstić information content (AvgIpc) is 2.40. The van der Waals surface area contributed by atoms with Gasteiger partial charge in [-0.05, 0) is 47.4 Å². The first-order valence-corrected chi connectivity index (χ1v) is 7.77. The van der Waals surface area contributed by atoms with E-state index in [4.69, 9.17) is 0 Å². The molecule has 0 spiro atoms. The van der Waals surface area contributed by atoms with Gasteiger partial charge in [-0.3, -0.25) is 0 Å². The molecule has 4 heteroatoms. The maximum absolute atomic E-state index is 14.1. The summed E-state index contributed by atoms with van der Waals surface area (Å²) in [5.74, 6) is -0.948. The third-order valence-electron chi connectivity index (χ3n) is 3.16. The molecule has 0 saturated carbocycles. The summed E-state index contributed by atoms with van der Waals surface area (Å²) in [5.41, 5.74) is 0.166. The third kappa shape index (κ3) is 4.84. The van der Waals surface area contributed by atoms with Crippen LogP contribution in [0.3, 0.4) is 0 Å². The van der Waals surface area contributed by atoms with Crippen LogP contribution >= 0.6 is 15.9 Å². The van der Waals surface area contributed by atoms with Gasteiger partial charge in [-0.15, -0.1) is 0 Å². The van der Waals surface area contributed by atoms with Crippen molar-refractivity contribution in [3.8, 4) is 0 Å². The number of nitrogens with one attached hydrogen (secondary N) is 1. The number of rotatable bonds is 8. The number of halogens is 3. The first kappa shape index (κ1) is 16.6. The summed E-state index contributed by atoms with van der Waals surface area (Å²) in [7, 11) is 0. The molecule has 1 aromatic rings. The standard InChI is InChI=1S/C15H22BrF2N/c1-3-5-6-7-13(19-10-4-2)14-12(17)9-8-11(16)15(14)18/h8-9,13,19H,3-7,10H2,1-2H3. The van der Waals surface area contributed by atoms with E-state index in [9.17, 15) is 8.78 Å². The zero-order chi connectivity index (χ0) is 14.3. The molecule has 19 heavy (non-hydrogen) atoms. The Balaban J connectivity index is 2.92. The summed E-state index contributed by atoms with van der Waals surface area (Å²) in [6, 6.07) is 2.49. The number of unbranched alkanes of at least 4 members (excludes halogenated alkanes) is 2. The minimum atomic E-state index is -0.481. The summed E-state index contributed by atoms with van der Waals surface area (Å²) in [6.07, 6.45) is 4.87. The Labute approximate surface area is 122 Å². The van der Waals surface area contributed by atoms with Crippen molar-refractivity contribution in [2.75, 3.05) is 6.54 Å². The zero-order valence-corrected chi connectivity index (χ0v) is 13.2. The molecule has 108 valence electrons. The molecule has 0 aliphatic rings. The lowest BCUT2D eigenvalue weighted by atomic mass is 9.99. The average molecular weight is 334 g/mol. The lowest BCUT2D eigenvalue weighted by Crippen LogP contribution is -2.24. The van der Waals surface area contributed by atoms with Gasteiger partial charge in [0.25, 0.3) is 0 Å². The molecule has 0 radical (unpaired) electrons. The molecule has 0 saturated heterocycles. The van der Waals surface area contributed by atoms with E-state index >= 15 is 0 Å². The van der Waals surface area contributed by atoms with Crippen LogP contribution in [0.2, 0.25) is 0 Å². The van der Waals surface area contributed by atoms with E-state index in [0.29, 0.717) is 4.47 Å². The Morgan fingerprint density at radius 2 is 1.89 bits per heavy atom. The van der Waals surface area contributed by atoms with Crippen LogP contribution in [0, 0.1) is 11.6 Å². The topological polar surface area (TPSA) is 12.0 Å². The number of benzene rings is 1. The Hall–Kier alpha value is -0.480. The molecule has 0 heterocycles. The van der Waals surface area contributed by atoms with Gasteiger partial charge in [0.2, 0.25) is 0 Å². The minimum Gasteiger partial charge on any atom is -0.310 e. The predicted molar refractivity (Wildman–Crippen MR) is 79.2 cm³/mol. The quantitative estimate of drug-likeness (QED) is 0.499. The molecule has 1 unspecified atom stereocenters. The van der Waals surface area contributed by atoms with Crippen molar-refractivity contribution >= 4 is 15.9 Å². The van der Waals surface area contributed by atoms with E-state index in [1.165, 1.54) is 12.1 Å². The third-order valence-corrected chi connectivity index (χ3v) is 3.78. The molecule has 1 nitrogen and oxygen atoms in total. The fourth-order valence-corrected chi connectivity index (χ4v) is 2.47. The monoisotopic (exact) mass is 333 g/mol. The molecule has 0 bridgehead atoms. The van der Waals surface area contributed by atoms with Gasteiger partial charge in [0.15, 0.2) is 0 Å². The van der Waals surface area contributed by atoms with Crippen LogP contribution in [0.25, 0.3) is 0 Å². The molecule has 0 amide bonds. The van der Waals surface area contributed by atoms with Crippen LogP contribution in [0.1, 0.15) is 57.6 Å². The molecule has 0 aromatic heterocycles. The second kappa shape index (κ2) is 8.64. The first-order chi connectivity index (χ1) is 9.11. The fraction of sp³-hybridized carbons (Fsp3) is 0.600. The zero-order valence-electron chi connectivity index (χ0n) is 11.6. The summed E-state index contributed by atoms with van der Waals surface area (Å²) in [5, 5.41) is 3.25. The number of hydrogen-bond donors (Lipinski definition) is 1. The first-order valence-electron chi connectivity index (χ1n) is 6.98. The fourth-order valence-electron chi connectivity index (χ4n) is 2.13. The molecule has 0 fully saturated rings. The Bertz CT molecular complexity index is 396. The van der Waals surface area contributed by atoms with Crippen molar-refractivity contribution < 1.29 is 8.78 Å². The van der Waals surface area contributed by atoms with Crippen LogP contribution in [0.4, 0.5) is 8.78 Å². The lowest BCUT2D eigenvalue weighted by molar-refractivity contribution is 0.430. The summed E-state index contributed by atoms with van der Waals surface area (Å²) >= 11 is 3.13. The van der Waals surface area contributed by atoms with Crippen LogP contribution < -0.4 is 5.32 Å². The van der Waals surface area contributed by atoms with E-state index in [1.807, 2.05) is 6.92 Å². The highest BCUT2D eigenvalue weighted by Crippen LogP contribution is 2.29. The molecule has 1 rings (SSSR count). The Morgan fingerprint density at radius 1 is 1.16 bits per heavy atom. The second-order valence-electron chi connectivity index (χ2n) is 4.76. The van der Waals surface area contributed by atoms with E-state index in [2.05, 4.69) is 28.2 Å². The van der Waals surface area contributed by atoms with Crippen molar-refractivity contribution in [2.24, 2.45) is 0 Å². The molecule has 1 N–H and O–H groups in total. The van der Waals surface area contributed by atoms with Gasteiger partial charge in [0.1, 0.15) is 11.6 Å². The highest BCUT2D eigenvalue weighted by Gasteiger charge is 2.21. The SMILES string of the molecule is CCCCCC(NCCC)c1c(F)ccc(Br)c1F.